The molecular formula is C12H8ClFN2O3. The molecule has 7 heteroatoms. The Kier molecular flexibility index (Phi) is 3.91. The molecule has 0 unspecified atom stereocenters. The lowest BCUT2D eigenvalue weighted by Gasteiger charge is -2.08. The molecule has 0 bridgehead atoms. The summed E-state index contributed by atoms with van der Waals surface area (Å²) in [6.07, 6.45) is 1.48. The van der Waals surface area contributed by atoms with Crippen molar-refractivity contribution in [2.75, 3.05) is 0 Å². The molecule has 5 nitrogen and oxygen atoms in total. The van der Waals surface area contributed by atoms with E-state index in [-0.39, 0.29) is 23.2 Å². The quantitative estimate of drug-likeness (QED) is 0.487. The zero-order valence-electron chi connectivity index (χ0n) is 9.55. The first kappa shape index (κ1) is 13.2. The van der Waals surface area contributed by atoms with Crippen molar-refractivity contribution in [3.05, 3.63) is 58.0 Å². The number of nitro groups is 1. The van der Waals surface area contributed by atoms with Crippen molar-refractivity contribution < 1.29 is 14.1 Å². The van der Waals surface area contributed by atoms with Crippen LogP contribution < -0.4 is 4.74 Å². The monoisotopic (exact) mass is 282 g/mol. The molecule has 0 aliphatic rings. The molecule has 1 heterocycles. The molecule has 2 aromatic rings. The molecule has 0 aliphatic carbocycles. The lowest BCUT2D eigenvalue weighted by molar-refractivity contribution is -0.385. The number of rotatable bonds is 4. The van der Waals surface area contributed by atoms with Crippen LogP contribution in [0.15, 0.2) is 36.5 Å². The van der Waals surface area contributed by atoms with E-state index >= 15 is 0 Å². The van der Waals surface area contributed by atoms with Gasteiger partial charge in [0, 0.05) is 17.8 Å². The minimum Gasteiger partial charge on any atom is -0.436 e. The summed E-state index contributed by atoms with van der Waals surface area (Å²) < 4.78 is 18.9. The van der Waals surface area contributed by atoms with Gasteiger partial charge in [0.05, 0.1) is 16.9 Å². The number of pyridine rings is 1. The minimum atomic E-state index is -0.833. The van der Waals surface area contributed by atoms with Crippen molar-refractivity contribution in [1.82, 2.24) is 4.98 Å². The van der Waals surface area contributed by atoms with Crippen molar-refractivity contribution >= 4 is 17.3 Å². The first-order valence-electron chi connectivity index (χ1n) is 5.23. The predicted octanol–water partition coefficient (Wildman–Crippen LogP) is 3.66. The van der Waals surface area contributed by atoms with Gasteiger partial charge in [-0.2, -0.15) is 0 Å². The van der Waals surface area contributed by atoms with Crippen molar-refractivity contribution in [1.29, 1.82) is 0 Å². The Labute approximate surface area is 112 Å². The van der Waals surface area contributed by atoms with Gasteiger partial charge in [0.1, 0.15) is 0 Å². The van der Waals surface area contributed by atoms with Gasteiger partial charge < -0.3 is 4.74 Å². The Bertz CT molecular complexity index is 622. The van der Waals surface area contributed by atoms with E-state index in [4.69, 9.17) is 16.3 Å². The number of non-ortho nitro benzene ring substituents is 1. The van der Waals surface area contributed by atoms with Crippen molar-refractivity contribution in [3.63, 3.8) is 0 Å². The average molecular weight is 283 g/mol. The summed E-state index contributed by atoms with van der Waals surface area (Å²) in [4.78, 5) is 13.7. The SMILES string of the molecule is O=[N+]([O-])c1ccc(Oc2ncccc2CCl)c(F)c1. The van der Waals surface area contributed by atoms with E-state index < -0.39 is 10.7 Å². The van der Waals surface area contributed by atoms with E-state index in [9.17, 15) is 14.5 Å². The summed E-state index contributed by atoms with van der Waals surface area (Å²) >= 11 is 5.70. The van der Waals surface area contributed by atoms with Crippen LogP contribution in [0.4, 0.5) is 10.1 Å². The second-order valence-corrected chi connectivity index (χ2v) is 3.84. The molecule has 0 saturated carbocycles. The molecule has 0 atom stereocenters. The normalized spacial score (nSPS) is 10.2. The van der Waals surface area contributed by atoms with Crippen molar-refractivity contribution in [2.45, 2.75) is 5.88 Å². The summed E-state index contributed by atoms with van der Waals surface area (Å²) in [6, 6.07) is 6.50. The molecular weight excluding hydrogens is 275 g/mol. The number of alkyl halides is 1. The third-order valence-electron chi connectivity index (χ3n) is 2.33. The first-order chi connectivity index (χ1) is 9.11. The van der Waals surface area contributed by atoms with Gasteiger partial charge in [-0.05, 0) is 12.1 Å². The van der Waals surface area contributed by atoms with Crippen LogP contribution in [-0.2, 0) is 5.88 Å². The predicted molar refractivity (Wildman–Crippen MR) is 66.9 cm³/mol. The summed E-state index contributed by atoms with van der Waals surface area (Å²) in [5.41, 5.74) is 0.255. The molecule has 2 rings (SSSR count). The van der Waals surface area contributed by atoms with Crippen LogP contribution in [-0.4, -0.2) is 9.91 Å². The van der Waals surface area contributed by atoms with Crippen LogP contribution in [0.25, 0.3) is 0 Å². The molecule has 0 spiro atoms. The smallest absolute Gasteiger partial charge is 0.272 e. The molecule has 0 radical (unpaired) electrons. The Balaban J connectivity index is 2.31. The molecule has 0 aliphatic heterocycles. The van der Waals surface area contributed by atoms with Crippen LogP contribution in [0.2, 0.25) is 0 Å². The van der Waals surface area contributed by atoms with E-state index in [1.165, 1.54) is 12.3 Å². The fraction of sp³-hybridized carbons (Fsp3) is 0.0833. The van der Waals surface area contributed by atoms with Crippen LogP contribution in [0.5, 0.6) is 11.6 Å². The van der Waals surface area contributed by atoms with E-state index in [0.717, 1.165) is 12.1 Å². The maximum absolute atomic E-state index is 13.6. The number of nitro benzene ring substituents is 1. The standard InChI is InChI=1S/C12H8ClFN2O3/c13-7-8-2-1-5-15-12(8)19-11-4-3-9(16(17)18)6-10(11)14/h1-6H,7H2. The molecule has 98 valence electrons. The summed E-state index contributed by atoms with van der Waals surface area (Å²) in [5.74, 6) is -0.640. The van der Waals surface area contributed by atoms with Crippen molar-refractivity contribution in [3.8, 4) is 11.6 Å². The first-order valence-corrected chi connectivity index (χ1v) is 5.77. The maximum atomic E-state index is 13.6. The molecule has 1 aromatic heterocycles. The van der Waals surface area contributed by atoms with E-state index in [1.54, 1.807) is 12.1 Å². The van der Waals surface area contributed by atoms with Gasteiger partial charge in [0.2, 0.25) is 5.88 Å². The molecule has 0 amide bonds. The molecule has 19 heavy (non-hydrogen) atoms. The van der Waals surface area contributed by atoms with Gasteiger partial charge in [-0.3, -0.25) is 10.1 Å². The number of hydrogen-bond acceptors (Lipinski definition) is 4. The van der Waals surface area contributed by atoms with Gasteiger partial charge >= 0.3 is 0 Å². The van der Waals surface area contributed by atoms with Crippen LogP contribution >= 0.6 is 11.6 Å². The third-order valence-corrected chi connectivity index (χ3v) is 2.61. The Morgan fingerprint density at radius 1 is 1.42 bits per heavy atom. The fourth-order valence-electron chi connectivity index (χ4n) is 1.41. The second kappa shape index (κ2) is 5.62. The van der Waals surface area contributed by atoms with Gasteiger partial charge in [-0.25, -0.2) is 9.37 Å². The number of benzene rings is 1. The summed E-state index contributed by atoms with van der Waals surface area (Å²) in [5, 5.41) is 10.5. The highest BCUT2D eigenvalue weighted by atomic mass is 35.5. The van der Waals surface area contributed by atoms with E-state index in [0.29, 0.717) is 5.56 Å². The van der Waals surface area contributed by atoms with Crippen LogP contribution in [0.1, 0.15) is 5.56 Å². The van der Waals surface area contributed by atoms with Gasteiger partial charge in [-0.1, -0.05) is 6.07 Å². The highest BCUT2D eigenvalue weighted by Crippen LogP contribution is 2.28. The van der Waals surface area contributed by atoms with Crippen LogP contribution in [0.3, 0.4) is 0 Å². The number of ether oxygens (including phenoxy) is 1. The summed E-state index contributed by atoms with van der Waals surface area (Å²) in [7, 11) is 0. The lowest BCUT2D eigenvalue weighted by Crippen LogP contribution is -1.96. The molecule has 1 aromatic carbocycles. The van der Waals surface area contributed by atoms with E-state index in [1.807, 2.05) is 0 Å². The van der Waals surface area contributed by atoms with Crippen molar-refractivity contribution in [2.24, 2.45) is 0 Å². The minimum absolute atomic E-state index is 0.143. The lowest BCUT2D eigenvalue weighted by atomic mass is 10.3. The Morgan fingerprint density at radius 2 is 2.21 bits per heavy atom. The number of hydrogen-bond donors (Lipinski definition) is 0. The zero-order valence-corrected chi connectivity index (χ0v) is 10.3. The number of halogens is 2. The Morgan fingerprint density at radius 3 is 2.84 bits per heavy atom. The average Bonchev–Trinajstić information content (AvgIpc) is 2.41. The number of aromatic nitrogens is 1. The molecule has 0 N–H and O–H groups in total. The summed E-state index contributed by atoms with van der Waals surface area (Å²) in [6.45, 7) is 0. The maximum Gasteiger partial charge on any atom is 0.272 e. The third kappa shape index (κ3) is 2.97. The fourth-order valence-corrected chi connectivity index (χ4v) is 1.61. The molecule has 0 saturated heterocycles. The Hall–Kier alpha value is -2.21. The van der Waals surface area contributed by atoms with Gasteiger partial charge in [0.25, 0.3) is 5.69 Å². The van der Waals surface area contributed by atoms with Crippen LogP contribution in [0, 0.1) is 15.9 Å². The van der Waals surface area contributed by atoms with Gasteiger partial charge in [0.15, 0.2) is 11.6 Å². The highest BCUT2D eigenvalue weighted by molar-refractivity contribution is 6.17. The number of nitrogens with zero attached hydrogens (tertiary/aromatic N) is 2. The van der Waals surface area contributed by atoms with Gasteiger partial charge in [-0.15, -0.1) is 11.6 Å². The zero-order chi connectivity index (χ0) is 13.8. The second-order valence-electron chi connectivity index (χ2n) is 3.58. The van der Waals surface area contributed by atoms with E-state index in [2.05, 4.69) is 4.98 Å². The molecule has 0 fully saturated rings. The largest absolute Gasteiger partial charge is 0.436 e. The highest BCUT2D eigenvalue weighted by Gasteiger charge is 2.13. The topological polar surface area (TPSA) is 65.3 Å².